The molecule has 0 spiro atoms. The number of phenolic OH excluding ortho intramolecular Hbond substituents is 2. The van der Waals surface area contributed by atoms with Crippen molar-refractivity contribution in [2.24, 2.45) is 0 Å². The van der Waals surface area contributed by atoms with Crippen molar-refractivity contribution in [2.45, 2.75) is 40.0 Å². The lowest BCUT2D eigenvalue weighted by Gasteiger charge is -2.17. The molecular formula is C18H22O2. The van der Waals surface area contributed by atoms with Gasteiger partial charge in [0, 0.05) is 11.1 Å². The molecule has 0 radical (unpaired) electrons. The highest BCUT2D eigenvalue weighted by molar-refractivity contribution is 5.79. The summed E-state index contributed by atoms with van der Waals surface area (Å²) in [6, 6.07) is 9.32. The first-order chi connectivity index (χ1) is 9.63. The van der Waals surface area contributed by atoms with Crippen LogP contribution in [0.5, 0.6) is 11.5 Å². The van der Waals surface area contributed by atoms with E-state index in [9.17, 15) is 10.2 Å². The van der Waals surface area contributed by atoms with Crippen LogP contribution < -0.4 is 0 Å². The topological polar surface area (TPSA) is 40.5 Å². The van der Waals surface area contributed by atoms with E-state index in [-0.39, 0.29) is 11.5 Å². The first kappa shape index (κ1) is 14.4. The molecule has 2 aromatic carbocycles. The molecule has 106 valence electrons. The maximum Gasteiger partial charge on any atom is 0.123 e. The van der Waals surface area contributed by atoms with Crippen molar-refractivity contribution < 1.29 is 10.2 Å². The normalized spacial score (nSPS) is 10.8. The summed E-state index contributed by atoms with van der Waals surface area (Å²) in [5.41, 5.74) is 5.19. The van der Waals surface area contributed by atoms with Gasteiger partial charge in [-0.1, -0.05) is 39.0 Å². The van der Waals surface area contributed by atoms with E-state index in [2.05, 4.69) is 19.9 Å². The van der Waals surface area contributed by atoms with Crippen LogP contribution in [-0.4, -0.2) is 10.2 Å². The molecule has 0 atom stereocenters. The monoisotopic (exact) mass is 270 g/mol. The Balaban J connectivity index is 2.78. The highest BCUT2D eigenvalue weighted by Crippen LogP contribution is 2.40. The summed E-state index contributed by atoms with van der Waals surface area (Å²) in [6.45, 7) is 6.26. The van der Waals surface area contributed by atoms with E-state index in [0.717, 1.165) is 29.5 Å². The average Bonchev–Trinajstić information content (AvgIpc) is 2.48. The largest absolute Gasteiger partial charge is 0.508 e. The predicted octanol–water partition coefficient (Wildman–Crippen LogP) is 4.45. The standard InChI is InChI=1S/C18H22O2/c1-4-12-8-7-9-15(13(12)5-2)18-14(6-3)16(19)10-11-17(18)20/h7-11,19-20H,4-6H2,1-3H3. The Morgan fingerprint density at radius 1 is 0.750 bits per heavy atom. The van der Waals surface area contributed by atoms with Crippen LogP contribution in [0.4, 0.5) is 0 Å². The Morgan fingerprint density at radius 3 is 2.00 bits per heavy atom. The van der Waals surface area contributed by atoms with Crippen LogP contribution in [0.3, 0.4) is 0 Å². The number of rotatable bonds is 4. The molecule has 0 unspecified atom stereocenters. The SMILES string of the molecule is CCc1cccc(-c2c(O)ccc(O)c2CC)c1CC. The lowest BCUT2D eigenvalue weighted by molar-refractivity contribution is 0.456. The molecule has 0 aromatic heterocycles. The number of aromatic hydroxyl groups is 2. The minimum Gasteiger partial charge on any atom is -0.508 e. The fourth-order valence-corrected chi connectivity index (χ4v) is 2.90. The van der Waals surface area contributed by atoms with Crippen LogP contribution in [-0.2, 0) is 19.3 Å². The van der Waals surface area contributed by atoms with Crippen molar-refractivity contribution in [3.05, 3.63) is 47.0 Å². The molecule has 20 heavy (non-hydrogen) atoms. The van der Waals surface area contributed by atoms with Crippen LogP contribution in [0, 0.1) is 0 Å². The summed E-state index contributed by atoms with van der Waals surface area (Å²) in [5, 5.41) is 20.3. The summed E-state index contributed by atoms with van der Waals surface area (Å²) in [4.78, 5) is 0. The minimum absolute atomic E-state index is 0.239. The van der Waals surface area contributed by atoms with E-state index in [1.807, 2.05) is 19.1 Å². The molecule has 0 heterocycles. The van der Waals surface area contributed by atoms with Crippen molar-refractivity contribution in [1.29, 1.82) is 0 Å². The van der Waals surface area contributed by atoms with E-state index < -0.39 is 0 Å². The predicted molar refractivity (Wildman–Crippen MR) is 83.3 cm³/mol. The molecule has 2 rings (SSSR count). The van der Waals surface area contributed by atoms with Gasteiger partial charge in [0.25, 0.3) is 0 Å². The Kier molecular flexibility index (Phi) is 4.33. The second-order valence-electron chi connectivity index (χ2n) is 4.96. The maximum absolute atomic E-state index is 10.3. The molecule has 0 fully saturated rings. The summed E-state index contributed by atoms with van der Waals surface area (Å²) < 4.78 is 0. The number of benzene rings is 2. The van der Waals surface area contributed by atoms with Crippen LogP contribution in [0.2, 0.25) is 0 Å². The van der Waals surface area contributed by atoms with E-state index in [4.69, 9.17) is 0 Å². The van der Waals surface area contributed by atoms with Gasteiger partial charge in [-0.3, -0.25) is 0 Å². The Hall–Kier alpha value is -1.96. The fraction of sp³-hybridized carbons (Fsp3) is 0.333. The molecule has 0 saturated heterocycles. The van der Waals surface area contributed by atoms with Crippen LogP contribution in [0.1, 0.15) is 37.5 Å². The number of hydrogen-bond acceptors (Lipinski definition) is 2. The smallest absolute Gasteiger partial charge is 0.123 e. The summed E-state index contributed by atoms with van der Waals surface area (Å²) in [7, 11) is 0. The lowest BCUT2D eigenvalue weighted by Crippen LogP contribution is -1.98. The first-order valence-electron chi connectivity index (χ1n) is 7.28. The highest BCUT2D eigenvalue weighted by atomic mass is 16.3. The first-order valence-corrected chi connectivity index (χ1v) is 7.28. The van der Waals surface area contributed by atoms with Gasteiger partial charge < -0.3 is 10.2 Å². The molecule has 0 aliphatic carbocycles. The Bertz CT molecular complexity index is 615. The van der Waals surface area contributed by atoms with Gasteiger partial charge in [0.1, 0.15) is 11.5 Å². The zero-order valence-corrected chi connectivity index (χ0v) is 12.4. The summed E-state index contributed by atoms with van der Waals surface area (Å²) >= 11 is 0. The summed E-state index contributed by atoms with van der Waals surface area (Å²) in [6.07, 6.45) is 2.57. The molecule has 2 N–H and O–H groups in total. The molecule has 2 heteroatoms. The number of hydrogen-bond donors (Lipinski definition) is 2. The van der Waals surface area contributed by atoms with Crippen LogP contribution >= 0.6 is 0 Å². The van der Waals surface area contributed by atoms with Crippen molar-refractivity contribution in [3.8, 4) is 22.6 Å². The highest BCUT2D eigenvalue weighted by Gasteiger charge is 2.17. The van der Waals surface area contributed by atoms with Crippen molar-refractivity contribution in [2.75, 3.05) is 0 Å². The molecule has 0 bridgehead atoms. The molecule has 0 amide bonds. The van der Waals surface area contributed by atoms with Crippen molar-refractivity contribution >= 4 is 0 Å². The third-order valence-corrected chi connectivity index (χ3v) is 3.90. The minimum atomic E-state index is 0.239. The van der Waals surface area contributed by atoms with Gasteiger partial charge in [-0.15, -0.1) is 0 Å². The zero-order chi connectivity index (χ0) is 14.7. The van der Waals surface area contributed by atoms with Gasteiger partial charge in [-0.05, 0) is 48.1 Å². The second-order valence-corrected chi connectivity index (χ2v) is 4.96. The van der Waals surface area contributed by atoms with Crippen molar-refractivity contribution in [1.82, 2.24) is 0 Å². The molecule has 2 nitrogen and oxygen atoms in total. The van der Waals surface area contributed by atoms with Gasteiger partial charge in [0.2, 0.25) is 0 Å². The number of phenols is 2. The van der Waals surface area contributed by atoms with Crippen molar-refractivity contribution in [3.63, 3.8) is 0 Å². The lowest BCUT2D eigenvalue weighted by atomic mass is 9.88. The quantitative estimate of drug-likeness (QED) is 0.806. The van der Waals surface area contributed by atoms with Gasteiger partial charge in [0.15, 0.2) is 0 Å². The van der Waals surface area contributed by atoms with Gasteiger partial charge in [-0.2, -0.15) is 0 Å². The number of aryl methyl sites for hydroxylation is 1. The van der Waals surface area contributed by atoms with Gasteiger partial charge in [-0.25, -0.2) is 0 Å². The second kappa shape index (κ2) is 6.00. The molecule has 0 aliphatic heterocycles. The molecule has 0 aliphatic rings. The molecule has 0 saturated carbocycles. The van der Waals surface area contributed by atoms with E-state index in [1.165, 1.54) is 11.1 Å². The third kappa shape index (κ3) is 2.38. The maximum atomic E-state index is 10.3. The van der Waals surface area contributed by atoms with Gasteiger partial charge >= 0.3 is 0 Å². The third-order valence-electron chi connectivity index (χ3n) is 3.90. The molecular weight excluding hydrogens is 248 g/mol. The average molecular weight is 270 g/mol. The Morgan fingerprint density at radius 2 is 1.40 bits per heavy atom. The zero-order valence-electron chi connectivity index (χ0n) is 12.4. The van der Waals surface area contributed by atoms with Crippen LogP contribution in [0.15, 0.2) is 30.3 Å². The fourth-order valence-electron chi connectivity index (χ4n) is 2.90. The Labute approximate surface area is 120 Å². The van der Waals surface area contributed by atoms with Crippen LogP contribution in [0.25, 0.3) is 11.1 Å². The van der Waals surface area contributed by atoms with E-state index in [1.54, 1.807) is 12.1 Å². The van der Waals surface area contributed by atoms with E-state index >= 15 is 0 Å². The van der Waals surface area contributed by atoms with E-state index in [0.29, 0.717) is 6.42 Å². The van der Waals surface area contributed by atoms with Gasteiger partial charge in [0.05, 0.1) is 0 Å². The summed E-state index contributed by atoms with van der Waals surface area (Å²) in [5.74, 6) is 0.492. The molecule has 2 aromatic rings.